The molecule has 0 aromatic carbocycles. The summed E-state index contributed by atoms with van der Waals surface area (Å²) in [5, 5.41) is 2.67. The highest BCUT2D eigenvalue weighted by Gasteiger charge is 2.35. The number of carbonyl (C=O) groups excluding carboxylic acids is 1. The molecule has 16 heavy (non-hydrogen) atoms. The molecule has 0 radical (unpaired) electrons. The second-order valence-corrected chi connectivity index (χ2v) is 7.25. The molecule has 1 aliphatic rings. The lowest BCUT2D eigenvalue weighted by molar-refractivity contribution is -0.125. The minimum Gasteiger partial charge on any atom is -0.391 e. The van der Waals surface area contributed by atoms with E-state index in [0.29, 0.717) is 6.42 Å². The molecule has 7 heteroatoms. The van der Waals surface area contributed by atoms with E-state index in [-0.39, 0.29) is 22.4 Å². The topological polar surface area (TPSA) is 89.3 Å². The van der Waals surface area contributed by atoms with Crippen LogP contribution < -0.4 is 11.1 Å². The molecular formula is C9H16N2O3S2. The monoisotopic (exact) mass is 264 g/mol. The largest absolute Gasteiger partial charge is 0.391 e. The van der Waals surface area contributed by atoms with E-state index < -0.39 is 21.3 Å². The summed E-state index contributed by atoms with van der Waals surface area (Å²) in [6, 6.07) is 0. The molecule has 1 aliphatic heterocycles. The maximum Gasteiger partial charge on any atom is 0.224 e. The Morgan fingerprint density at radius 1 is 1.50 bits per heavy atom. The van der Waals surface area contributed by atoms with Crippen LogP contribution in [0.15, 0.2) is 0 Å². The fraction of sp³-hybridized carbons (Fsp3) is 0.778. The number of nitrogens with two attached hydrogens (primary N) is 1. The minimum absolute atomic E-state index is 0.0771. The zero-order chi connectivity index (χ0) is 12.6. The van der Waals surface area contributed by atoms with Crippen LogP contribution in [0.4, 0.5) is 0 Å². The zero-order valence-electron chi connectivity index (χ0n) is 9.32. The Labute approximate surface area is 101 Å². The highest BCUT2D eigenvalue weighted by Crippen LogP contribution is 2.19. The van der Waals surface area contributed by atoms with Gasteiger partial charge < -0.3 is 11.1 Å². The van der Waals surface area contributed by atoms with Gasteiger partial charge in [-0.3, -0.25) is 4.79 Å². The first kappa shape index (κ1) is 13.4. The molecule has 0 aromatic rings. The van der Waals surface area contributed by atoms with Crippen molar-refractivity contribution in [2.45, 2.75) is 25.8 Å². The predicted molar refractivity (Wildman–Crippen MR) is 65.8 cm³/mol. The molecule has 3 N–H and O–H groups in total. The third-order valence-corrected chi connectivity index (χ3v) is 4.93. The van der Waals surface area contributed by atoms with Gasteiger partial charge in [0.05, 0.1) is 28.0 Å². The number of hydrogen-bond acceptors (Lipinski definition) is 4. The summed E-state index contributed by atoms with van der Waals surface area (Å²) in [4.78, 5) is 11.9. The molecular weight excluding hydrogens is 248 g/mol. The first-order valence-electron chi connectivity index (χ1n) is 4.96. The van der Waals surface area contributed by atoms with Gasteiger partial charge >= 0.3 is 0 Å². The number of nitrogens with one attached hydrogen (secondary N) is 1. The van der Waals surface area contributed by atoms with E-state index in [4.69, 9.17) is 18.0 Å². The standard InChI is InChI=1S/C9H16N2O3S2/c1-9(2,8(10)15)11-7(12)6-3-4-16(13,14)5-6/h6H,3-5H2,1-2H3,(H2,10,15)(H,11,12). The van der Waals surface area contributed by atoms with Crippen molar-refractivity contribution in [1.82, 2.24) is 5.32 Å². The number of amides is 1. The van der Waals surface area contributed by atoms with Crippen molar-refractivity contribution in [3.05, 3.63) is 0 Å². The Hall–Kier alpha value is -0.690. The van der Waals surface area contributed by atoms with Crippen molar-refractivity contribution in [3.63, 3.8) is 0 Å². The first-order chi connectivity index (χ1) is 7.14. The molecule has 1 atom stereocenters. The summed E-state index contributed by atoms with van der Waals surface area (Å²) in [5.41, 5.74) is 4.69. The zero-order valence-corrected chi connectivity index (χ0v) is 11.0. The lowest BCUT2D eigenvalue weighted by Crippen LogP contribution is -2.53. The molecule has 1 rings (SSSR count). The van der Waals surface area contributed by atoms with Gasteiger partial charge in [0.25, 0.3) is 0 Å². The first-order valence-corrected chi connectivity index (χ1v) is 7.19. The van der Waals surface area contributed by atoms with E-state index in [0.717, 1.165) is 0 Å². The Kier molecular flexibility index (Phi) is 3.59. The molecule has 0 saturated carbocycles. The van der Waals surface area contributed by atoms with Gasteiger partial charge in [-0.15, -0.1) is 0 Å². The highest BCUT2D eigenvalue weighted by atomic mass is 32.2. The molecule has 0 bridgehead atoms. The van der Waals surface area contributed by atoms with Gasteiger partial charge in [0.15, 0.2) is 9.84 Å². The Morgan fingerprint density at radius 2 is 2.06 bits per heavy atom. The van der Waals surface area contributed by atoms with Crippen molar-refractivity contribution >= 4 is 33.0 Å². The van der Waals surface area contributed by atoms with E-state index >= 15 is 0 Å². The Bertz CT molecular complexity index is 414. The quantitative estimate of drug-likeness (QED) is 0.677. The van der Waals surface area contributed by atoms with Gasteiger partial charge in [0, 0.05) is 0 Å². The van der Waals surface area contributed by atoms with E-state index in [9.17, 15) is 13.2 Å². The van der Waals surface area contributed by atoms with Gasteiger partial charge in [0.1, 0.15) is 0 Å². The lowest BCUT2D eigenvalue weighted by Gasteiger charge is -2.26. The summed E-state index contributed by atoms with van der Waals surface area (Å²) < 4.78 is 22.4. The number of rotatable bonds is 3. The third-order valence-electron chi connectivity index (χ3n) is 2.65. The molecule has 1 unspecified atom stereocenters. The normalized spacial score (nSPS) is 24.0. The van der Waals surface area contributed by atoms with Crippen LogP contribution in [0.25, 0.3) is 0 Å². The number of hydrogen-bond donors (Lipinski definition) is 2. The lowest BCUT2D eigenvalue weighted by atomic mass is 10.0. The second-order valence-electron chi connectivity index (χ2n) is 4.58. The van der Waals surface area contributed by atoms with Crippen LogP contribution in [0.2, 0.25) is 0 Å². The van der Waals surface area contributed by atoms with E-state index in [1.54, 1.807) is 13.8 Å². The molecule has 92 valence electrons. The second kappa shape index (κ2) is 4.29. The van der Waals surface area contributed by atoms with E-state index in [2.05, 4.69) is 5.32 Å². The number of thiocarbonyl (C=S) groups is 1. The van der Waals surface area contributed by atoms with Gasteiger partial charge in [-0.05, 0) is 20.3 Å². The summed E-state index contributed by atoms with van der Waals surface area (Å²) in [7, 11) is -3.04. The Morgan fingerprint density at radius 3 is 2.44 bits per heavy atom. The maximum atomic E-state index is 11.8. The van der Waals surface area contributed by atoms with Gasteiger partial charge in [-0.25, -0.2) is 8.42 Å². The van der Waals surface area contributed by atoms with Crippen LogP contribution in [0.5, 0.6) is 0 Å². The minimum atomic E-state index is -3.04. The summed E-state index contributed by atoms with van der Waals surface area (Å²) in [6.07, 6.45) is 0.377. The predicted octanol–water partition coefficient (Wildman–Crippen LogP) is -0.398. The van der Waals surface area contributed by atoms with Crippen molar-refractivity contribution in [3.8, 4) is 0 Å². The van der Waals surface area contributed by atoms with Crippen molar-refractivity contribution in [2.24, 2.45) is 11.7 Å². The third kappa shape index (κ3) is 3.15. The van der Waals surface area contributed by atoms with E-state index in [1.165, 1.54) is 0 Å². The van der Waals surface area contributed by atoms with E-state index in [1.807, 2.05) is 0 Å². The van der Waals surface area contributed by atoms with Crippen LogP contribution in [0, 0.1) is 5.92 Å². The fourth-order valence-electron chi connectivity index (χ4n) is 1.47. The SMILES string of the molecule is CC(C)(NC(=O)C1CCS(=O)(=O)C1)C(N)=S. The average molecular weight is 264 g/mol. The van der Waals surface area contributed by atoms with Crippen LogP contribution >= 0.6 is 12.2 Å². The molecule has 0 aliphatic carbocycles. The number of carbonyl (C=O) groups is 1. The van der Waals surface area contributed by atoms with Gasteiger partial charge in [0.2, 0.25) is 5.91 Å². The molecule has 1 amide bonds. The summed E-state index contributed by atoms with van der Waals surface area (Å²) >= 11 is 4.81. The van der Waals surface area contributed by atoms with Crippen LogP contribution in [0.3, 0.4) is 0 Å². The molecule has 1 fully saturated rings. The molecule has 5 nitrogen and oxygen atoms in total. The summed E-state index contributed by atoms with van der Waals surface area (Å²) in [6.45, 7) is 3.38. The molecule has 1 saturated heterocycles. The highest BCUT2D eigenvalue weighted by molar-refractivity contribution is 7.91. The van der Waals surface area contributed by atoms with Gasteiger partial charge in [-0.1, -0.05) is 12.2 Å². The molecule has 1 heterocycles. The van der Waals surface area contributed by atoms with Crippen LogP contribution in [0.1, 0.15) is 20.3 Å². The number of sulfone groups is 1. The van der Waals surface area contributed by atoms with Crippen molar-refractivity contribution in [2.75, 3.05) is 11.5 Å². The molecule has 0 spiro atoms. The molecule has 0 aromatic heterocycles. The van der Waals surface area contributed by atoms with Gasteiger partial charge in [-0.2, -0.15) is 0 Å². The Balaban J connectivity index is 2.65. The smallest absolute Gasteiger partial charge is 0.224 e. The fourth-order valence-corrected chi connectivity index (χ4v) is 3.27. The van der Waals surface area contributed by atoms with Crippen LogP contribution in [-0.2, 0) is 14.6 Å². The average Bonchev–Trinajstić information content (AvgIpc) is 2.45. The maximum absolute atomic E-state index is 11.8. The van der Waals surface area contributed by atoms with Crippen molar-refractivity contribution < 1.29 is 13.2 Å². The van der Waals surface area contributed by atoms with Crippen LogP contribution in [-0.4, -0.2) is 36.4 Å². The summed E-state index contributed by atoms with van der Waals surface area (Å²) in [5.74, 6) is -0.761. The van der Waals surface area contributed by atoms with Crippen molar-refractivity contribution in [1.29, 1.82) is 0 Å².